The molecule has 0 saturated carbocycles. The van der Waals surface area contributed by atoms with Crippen LogP contribution in [0.2, 0.25) is 5.02 Å². The molecule has 0 atom stereocenters. The summed E-state index contributed by atoms with van der Waals surface area (Å²) in [5, 5.41) is 14.6. The quantitative estimate of drug-likeness (QED) is 0.667. The van der Waals surface area contributed by atoms with Crippen molar-refractivity contribution in [2.75, 3.05) is 5.32 Å². The normalized spacial score (nSPS) is 10.3. The molecule has 0 fully saturated rings. The lowest BCUT2D eigenvalue weighted by atomic mass is 10.1. The van der Waals surface area contributed by atoms with Gasteiger partial charge in [0.05, 0.1) is 4.92 Å². The van der Waals surface area contributed by atoms with Gasteiger partial charge < -0.3 is 5.32 Å². The first-order chi connectivity index (χ1) is 9.47. The number of anilines is 1. The molecule has 0 aliphatic carbocycles. The lowest BCUT2D eigenvalue weighted by Gasteiger charge is -2.11. The first kappa shape index (κ1) is 14.3. The molecule has 2 rings (SSSR count). The summed E-state index contributed by atoms with van der Waals surface area (Å²) in [5.41, 5.74) is 3.88. The Bertz CT molecular complexity index is 656. The van der Waals surface area contributed by atoms with Gasteiger partial charge in [-0.1, -0.05) is 23.7 Å². The molecule has 0 unspecified atom stereocenters. The van der Waals surface area contributed by atoms with Gasteiger partial charge in [0, 0.05) is 28.9 Å². The smallest absolute Gasteiger partial charge is 0.275 e. The van der Waals surface area contributed by atoms with Gasteiger partial charge in [-0.3, -0.25) is 10.1 Å². The monoisotopic (exact) mass is 290 g/mol. The zero-order chi connectivity index (χ0) is 14.7. The van der Waals surface area contributed by atoms with Crippen molar-refractivity contribution in [3.63, 3.8) is 0 Å². The molecule has 0 bridgehead atoms. The summed E-state index contributed by atoms with van der Waals surface area (Å²) >= 11 is 5.80. The Balaban J connectivity index is 2.23. The van der Waals surface area contributed by atoms with Crippen molar-refractivity contribution in [3.8, 4) is 0 Å². The highest BCUT2D eigenvalue weighted by molar-refractivity contribution is 6.30. The minimum atomic E-state index is -0.411. The standard InChI is InChI=1S/C15H15ClN2O2/c1-10-3-4-11(2)14(7-10)17-9-12-5-6-13(16)8-15(12)18(19)20/h3-8,17H,9H2,1-2H3. The van der Waals surface area contributed by atoms with Gasteiger partial charge >= 0.3 is 0 Å². The van der Waals surface area contributed by atoms with E-state index in [9.17, 15) is 10.1 Å². The van der Waals surface area contributed by atoms with Crippen molar-refractivity contribution in [2.24, 2.45) is 0 Å². The number of nitrogens with zero attached hydrogens (tertiary/aromatic N) is 1. The fourth-order valence-electron chi connectivity index (χ4n) is 1.97. The zero-order valence-corrected chi connectivity index (χ0v) is 12.1. The number of benzene rings is 2. The number of nitrogens with one attached hydrogen (secondary N) is 1. The summed E-state index contributed by atoms with van der Waals surface area (Å²) in [6.45, 7) is 4.39. The van der Waals surface area contributed by atoms with E-state index in [1.807, 2.05) is 32.0 Å². The van der Waals surface area contributed by atoms with Crippen LogP contribution >= 0.6 is 11.6 Å². The Morgan fingerprint density at radius 2 is 1.95 bits per heavy atom. The summed E-state index contributed by atoms with van der Waals surface area (Å²) in [6.07, 6.45) is 0. The van der Waals surface area contributed by atoms with Gasteiger partial charge in [-0.2, -0.15) is 0 Å². The number of rotatable bonds is 4. The van der Waals surface area contributed by atoms with Crippen LogP contribution in [0.3, 0.4) is 0 Å². The van der Waals surface area contributed by atoms with E-state index in [1.54, 1.807) is 12.1 Å². The second kappa shape index (κ2) is 5.92. The van der Waals surface area contributed by atoms with E-state index in [0.717, 1.165) is 16.8 Å². The largest absolute Gasteiger partial charge is 0.380 e. The van der Waals surface area contributed by atoms with Crippen molar-refractivity contribution in [1.82, 2.24) is 0 Å². The molecule has 4 nitrogen and oxygen atoms in total. The predicted molar refractivity (Wildman–Crippen MR) is 81.3 cm³/mol. The van der Waals surface area contributed by atoms with Crippen molar-refractivity contribution in [3.05, 3.63) is 68.2 Å². The van der Waals surface area contributed by atoms with Crippen LogP contribution in [0.15, 0.2) is 36.4 Å². The van der Waals surface area contributed by atoms with E-state index in [0.29, 0.717) is 17.1 Å². The molecule has 0 heterocycles. The van der Waals surface area contributed by atoms with E-state index in [4.69, 9.17) is 11.6 Å². The molecule has 2 aromatic rings. The molecule has 0 radical (unpaired) electrons. The fourth-order valence-corrected chi connectivity index (χ4v) is 2.14. The van der Waals surface area contributed by atoms with Crippen molar-refractivity contribution >= 4 is 23.0 Å². The predicted octanol–water partition coefficient (Wildman–Crippen LogP) is 4.48. The molecule has 2 aromatic carbocycles. The van der Waals surface area contributed by atoms with Gasteiger partial charge in [-0.05, 0) is 43.2 Å². The molecule has 1 N–H and O–H groups in total. The summed E-state index contributed by atoms with van der Waals surface area (Å²) in [6, 6.07) is 10.8. The van der Waals surface area contributed by atoms with Gasteiger partial charge in [0.1, 0.15) is 0 Å². The van der Waals surface area contributed by atoms with Crippen LogP contribution in [-0.2, 0) is 6.54 Å². The first-order valence-electron chi connectivity index (χ1n) is 6.21. The van der Waals surface area contributed by atoms with E-state index in [2.05, 4.69) is 5.32 Å². The molecule has 0 saturated heterocycles. The maximum atomic E-state index is 11.0. The molecule has 20 heavy (non-hydrogen) atoms. The van der Waals surface area contributed by atoms with Gasteiger partial charge in [-0.25, -0.2) is 0 Å². The van der Waals surface area contributed by atoms with Crippen LogP contribution in [0.5, 0.6) is 0 Å². The Morgan fingerprint density at radius 3 is 2.65 bits per heavy atom. The zero-order valence-electron chi connectivity index (χ0n) is 11.3. The van der Waals surface area contributed by atoms with Crippen LogP contribution in [0.25, 0.3) is 0 Å². The number of hydrogen-bond acceptors (Lipinski definition) is 3. The Morgan fingerprint density at radius 1 is 1.20 bits per heavy atom. The SMILES string of the molecule is Cc1ccc(C)c(NCc2ccc(Cl)cc2[N+](=O)[O-])c1. The Kier molecular flexibility index (Phi) is 4.25. The van der Waals surface area contributed by atoms with E-state index < -0.39 is 4.92 Å². The Labute approximate surface area is 122 Å². The van der Waals surface area contributed by atoms with Crippen molar-refractivity contribution in [2.45, 2.75) is 20.4 Å². The van der Waals surface area contributed by atoms with Gasteiger partial charge in [0.25, 0.3) is 5.69 Å². The summed E-state index contributed by atoms with van der Waals surface area (Å²) in [5.74, 6) is 0. The second-order valence-electron chi connectivity index (χ2n) is 4.70. The van der Waals surface area contributed by atoms with Crippen molar-refractivity contribution in [1.29, 1.82) is 0 Å². The topological polar surface area (TPSA) is 55.2 Å². The number of nitro groups is 1. The second-order valence-corrected chi connectivity index (χ2v) is 5.14. The third-order valence-electron chi connectivity index (χ3n) is 3.11. The van der Waals surface area contributed by atoms with Crippen LogP contribution < -0.4 is 5.32 Å². The summed E-state index contributed by atoms with van der Waals surface area (Å²) in [4.78, 5) is 10.6. The van der Waals surface area contributed by atoms with Crippen LogP contribution in [0, 0.1) is 24.0 Å². The van der Waals surface area contributed by atoms with Gasteiger partial charge in [-0.15, -0.1) is 0 Å². The molecular weight excluding hydrogens is 276 g/mol. The molecule has 104 valence electrons. The highest BCUT2D eigenvalue weighted by Crippen LogP contribution is 2.25. The molecule has 0 spiro atoms. The lowest BCUT2D eigenvalue weighted by molar-refractivity contribution is -0.385. The molecule has 0 aliphatic rings. The third kappa shape index (κ3) is 3.27. The number of aryl methyl sites for hydroxylation is 2. The Hall–Kier alpha value is -2.07. The van der Waals surface area contributed by atoms with Crippen LogP contribution in [-0.4, -0.2) is 4.92 Å². The van der Waals surface area contributed by atoms with Crippen LogP contribution in [0.1, 0.15) is 16.7 Å². The first-order valence-corrected chi connectivity index (χ1v) is 6.59. The van der Waals surface area contributed by atoms with Crippen molar-refractivity contribution < 1.29 is 4.92 Å². The third-order valence-corrected chi connectivity index (χ3v) is 3.34. The molecular formula is C15H15ClN2O2. The van der Waals surface area contributed by atoms with Gasteiger partial charge in [0.15, 0.2) is 0 Å². The van der Waals surface area contributed by atoms with Crippen LogP contribution in [0.4, 0.5) is 11.4 Å². The number of nitro benzene ring substituents is 1. The van der Waals surface area contributed by atoms with E-state index >= 15 is 0 Å². The highest BCUT2D eigenvalue weighted by atomic mass is 35.5. The summed E-state index contributed by atoms with van der Waals surface area (Å²) < 4.78 is 0. The van der Waals surface area contributed by atoms with E-state index in [-0.39, 0.29) is 5.69 Å². The molecule has 0 aromatic heterocycles. The van der Waals surface area contributed by atoms with E-state index in [1.165, 1.54) is 6.07 Å². The maximum absolute atomic E-state index is 11.0. The lowest BCUT2D eigenvalue weighted by Crippen LogP contribution is -2.04. The number of halogens is 1. The molecule has 0 amide bonds. The molecule has 5 heteroatoms. The van der Waals surface area contributed by atoms with Gasteiger partial charge in [0.2, 0.25) is 0 Å². The average molecular weight is 291 g/mol. The minimum absolute atomic E-state index is 0.0373. The minimum Gasteiger partial charge on any atom is -0.380 e. The highest BCUT2D eigenvalue weighted by Gasteiger charge is 2.14. The molecule has 0 aliphatic heterocycles. The maximum Gasteiger partial charge on any atom is 0.275 e. The fraction of sp³-hybridized carbons (Fsp3) is 0.200. The average Bonchev–Trinajstić information content (AvgIpc) is 2.40. The summed E-state index contributed by atoms with van der Waals surface area (Å²) in [7, 11) is 0. The number of hydrogen-bond donors (Lipinski definition) is 1.